The van der Waals surface area contributed by atoms with E-state index in [0.29, 0.717) is 23.4 Å². The lowest BCUT2D eigenvalue weighted by Crippen LogP contribution is -2.27. The molecule has 7 nitrogen and oxygen atoms in total. The number of nitrogens with one attached hydrogen (secondary N) is 1. The molecule has 34 heavy (non-hydrogen) atoms. The molecule has 0 saturated heterocycles. The third-order valence-corrected chi connectivity index (χ3v) is 7.18. The normalized spacial score (nSPS) is 15.7. The van der Waals surface area contributed by atoms with E-state index in [1.807, 2.05) is 43.3 Å². The van der Waals surface area contributed by atoms with Crippen molar-refractivity contribution in [3.8, 4) is 5.75 Å². The molecule has 1 N–H and O–H groups in total. The van der Waals surface area contributed by atoms with E-state index in [-0.39, 0.29) is 17.7 Å². The van der Waals surface area contributed by atoms with Gasteiger partial charge in [0.2, 0.25) is 10.0 Å². The molecule has 0 radical (unpaired) electrons. The molecule has 4 rings (SSSR count). The summed E-state index contributed by atoms with van der Waals surface area (Å²) in [6, 6.07) is 21.8. The van der Waals surface area contributed by atoms with Crippen LogP contribution in [0.25, 0.3) is 0 Å². The number of rotatable bonds is 7. The second-order valence-corrected chi connectivity index (χ2v) is 10.1. The highest BCUT2D eigenvalue weighted by molar-refractivity contribution is 7.92. The van der Waals surface area contributed by atoms with Crippen molar-refractivity contribution in [2.45, 2.75) is 26.3 Å². The number of methoxy groups -OCH3 is 1. The number of sulfonamides is 1. The largest absolute Gasteiger partial charge is 0.497 e. The van der Waals surface area contributed by atoms with Crippen molar-refractivity contribution in [2.24, 2.45) is 5.10 Å². The van der Waals surface area contributed by atoms with E-state index in [1.54, 1.807) is 55.4 Å². The molecule has 1 atom stereocenters. The molecular formula is C26H27N3O4S. The van der Waals surface area contributed by atoms with E-state index in [1.165, 1.54) is 0 Å². The van der Waals surface area contributed by atoms with Crippen LogP contribution in [0.1, 0.15) is 46.4 Å². The summed E-state index contributed by atoms with van der Waals surface area (Å²) in [6.45, 7) is 3.61. The van der Waals surface area contributed by atoms with E-state index in [9.17, 15) is 13.2 Å². The summed E-state index contributed by atoms with van der Waals surface area (Å²) in [5.41, 5.74) is 4.74. The number of aryl methyl sites for hydroxylation is 1. The smallest absolute Gasteiger partial charge is 0.274 e. The van der Waals surface area contributed by atoms with E-state index in [4.69, 9.17) is 9.84 Å². The highest BCUT2D eigenvalue weighted by Gasteiger charge is 2.34. The molecule has 1 unspecified atom stereocenters. The van der Waals surface area contributed by atoms with Gasteiger partial charge in [-0.05, 0) is 66.9 Å². The SMILES string of the molecule is CCS(=O)(=O)Nc1ccc(C2=NN(C(=O)c3ccc(OC)cc3)C(c3ccccc3C)C2)cc1. The van der Waals surface area contributed by atoms with Gasteiger partial charge in [-0.25, -0.2) is 13.4 Å². The zero-order valence-corrected chi connectivity index (χ0v) is 20.2. The number of benzene rings is 3. The minimum atomic E-state index is -3.35. The molecule has 8 heteroatoms. The van der Waals surface area contributed by atoms with Crippen LogP contribution in [0.2, 0.25) is 0 Å². The fourth-order valence-electron chi connectivity index (χ4n) is 3.92. The number of nitrogens with zero attached hydrogens (tertiary/aromatic N) is 2. The van der Waals surface area contributed by atoms with Crippen molar-refractivity contribution < 1.29 is 17.9 Å². The molecule has 0 saturated carbocycles. The van der Waals surface area contributed by atoms with Crippen LogP contribution in [0.3, 0.4) is 0 Å². The highest BCUT2D eigenvalue weighted by Crippen LogP contribution is 2.35. The first kappa shape index (κ1) is 23.5. The van der Waals surface area contributed by atoms with Gasteiger partial charge in [0.1, 0.15) is 5.75 Å². The topological polar surface area (TPSA) is 88.1 Å². The van der Waals surface area contributed by atoms with Crippen molar-refractivity contribution in [2.75, 3.05) is 17.6 Å². The van der Waals surface area contributed by atoms with Gasteiger partial charge in [-0.1, -0.05) is 36.4 Å². The number of hydrogen-bond acceptors (Lipinski definition) is 5. The quantitative estimate of drug-likeness (QED) is 0.532. The summed E-state index contributed by atoms with van der Waals surface area (Å²) in [4.78, 5) is 13.5. The van der Waals surface area contributed by atoms with Crippen molar-refractivity contribution in [3.63, 3.8) is 0 Å². The van der Waals surface area contributed by atoms with E-state index in [2.05, 4.69) is 4.72 Å². The molecule has 176 valence electrons. The maximum atomic E-state index is 13.5. The van der Waals surface area contributed by atoms with Crippen LogP contribution in [0.15, 0.2) is 77.9 Å². The summed E-state index contributed by atoms with van der Waals surface area (Å²) in [7, 11) is -1.77. The number of ether oxygens (including phenoxy) is 1. The number of amides is 1. The number of hydrogen-bond donors (Lipinski definition) is 1. The van der Waals surface area contributed by atoms with Gasteiger partial charge in [-0.3, -0.25) is 9.52 Å². The van der Waals surface area contributed by atoms with Gasteiger partial charge in [0, 0.05) is 17.7 Å². The summed E-state index contributed by atoms with van der Waals surface area (Å²) in [5.74, 6) is 0.483. The molecule has 3 aromatic carbocycles. The van der Waals surface area contributed by atoms with Gasteiger partial charge in [-0.2, -0.15) is 5.10 Å². The first-order valence-electron chi connectivity index (χ1n) is 11.0. The van der Waals surface area contributed by atoms with E-state index >= 15 is 0 Å². The molecule has 0 bridgehead atoms. The Labute approximate surface area is 200 Å². The first-order valence-corrected chi connectivity index (χ1v) is 12.7. The Balaban J connectivity index is 1.67. The van der Waals surface area contributed by atoms with Crippen LogP contribution in [-0.4, -0.2) is 37.9 Å². The second kappa shape index (κ2) is 9.69. The van der Waals surface area contributed by atoms with Crippen molar-refractivity contribution in [1.29, 1.82) is 0 Å². The van der Waals surface area contributed by atoms with Gasteiger partial charge in [0.25, 0.3) is 5.91 Å². The van der Waals surface area contributed by atoms with Gasteiger partial charge in [0.05, 0.1) is 24.6 Å². The van der Waals surface area contributed by atoms with Gasteiger partial charge >= 0.3 is 0 Å². The standard InChI is InChI=1S/C26H27N3O4S/c1-4-34(31,32)28-21-13-9-19(10-14-21)24-17-25(23-8-6-5-7-18(23)2)29(27-24)26(30)20-11-15-22(33-3)16-12-20/h5-16,25,28H,4,17H2,1-3H3. The second-order valence-electron chi connectivity index (χ2n) is 8.08. The Bertz CT molecular complexity index is 1320. The zero-order valence-electron chi connectivity index (χ0n) is 19.4. The highest BCUT2D eigenvalue weighted by atomic mass is 32.2. The Morgan fingerprint density at radius 3 is 2.35 bits per heavy atom. The summed E-state index contributed by atoms with van der Waals surface area (Å²) in [6.07, 6.45) is 0.548. The molecule has 3 aromatic rings. The number of hydrazone groups is 1. The van der Waals surface area contributed by atoms with Gasteiger partial charge in [-0.15, -0.1) is 0 Å². The monoisotopic (exact) mass is 477 g/mol. The number of carbonyl (C=O) groups excluding carboxylic acids is 1. The van der Waals surface area contributed by atoms with Crippen LogP contribution >= 0.6 is 0 Å². The fraction of sp³-hybridized carbons (Fsp3) is 0.231. The molecule has 1 heterocycles. The molecule has 0 spiro atoms. The van der Waals surface area contributed by atoms with Crippen LogP contribution in [0.5, 0.6) is 5.75 Å². The summed E-state index contributed by atoms with van der Waals surface area (Å²) >= 11 is 0. The zero-order chi connectivity index (χ0) is 24.3. The lowest BCUT2D eigenvalue weighted by molar-refractivity contribution is 0.0711. The van der Waals surface area contributed by atoms with Crippen molar-refractivity contribution in [3.05, 3.63) is 95.1 Å². The Hall–Kier alpha value is -3.65. The Kier molecular flexibility index (Phi) is 6.70. The predicted octanol–water partition coefficient (Wildman–Crippen LogP) is 4.76. The Morgan fingerprint density at radius 2 is 1.74 bits per heavy atom. The molecule has 0 fully saturated rings. The first-order chi connectivity index (χ1) is 16.3. The van der Waals surface area contributed by atoms with Crippen molar-refractivity contribution in [1.82, 2.24) is 5.01 Å². The summed E-state index contributed by atoms with van der Waals surface area (Å²) in [5, 5.41) is 6.28. The summed E-state index contributed by atoms with van der Waals surface area (Å²) < 4.78 is 31.4. The predicted molar refractivity (Wildman–Crippen MR) is 134 cm³/mol. The molecule has 0 aliphatic carbocycles. The molecule has 1 amide bonds. The lowest BCUT2D eigenvalue weighted by Gasteiger charge is -2.23. The van der Waals surface area contributed by atoms with Crippen LogP contribution in [-0.2, 0) is 10.0 Å². The maximum Gasteiger partial charge on any atom is 0.274 e. The van der Waals surface area contributed by atoms with Crippen LogP contribution in [0.4, 0.5) is 5.69 Å². The maximum absolute atomic E-state index is 13.5. The third-order valence-electron chi connectivity index (χ3n) is 5.87. The van der Waals surface area contributed by atoms with Crippen LogP contribution in [0, 0.1) is 6.92 Å². The molecular weight excluding hydrogens is 450 g/mol. The lowest BCUT2D eigenvalue weighted by atomic mass is 9.95. The number of carbonyl (C=O) groups is 1. The van der Waals surface area contributed by atoms with Gasteiger partial charge in [0.15, 0.2) is 0 Å². The minimum Gasteiger partial charge on any atom is -0.497 e. The molecule has 1 aliphatic heterocycles. The average molecular weight is 478 g/mol. The minimum absolute atomic E-state index is 0.00198. The van der Waals surface area contributed by atoms with E-state index in [0.717, 1.165) is 22.4 Å². The van der Waals surface area contributed by atoms with Crippen molar-refractivity contribution >= 4 is 27.3 Å². The number of anilines is 1. The van der Waals surface area contributed by atoms with Gasteiger partial charge < -0.3 is 4.74 Å². The van der Waals surface area contributed by atoms with E-state index < -0.39 is 10.0 Å². The third kappa shape index (κ3) is 4.97. The molecule has 0 aromatic heterocycles. The fourth-order valence-corrected chi connectivity index (χ4v) is 4.56. The Morgan fingerprint density at radius 1 is 1.06 bits per heavy atom. The molecule has 1 aliphatic rings. The van der Waals surface area contributed by atoms with Crippen LogP contribution < -0.4 is 9.46 Å². The average Bonchev–Trinajstić information content (AvgIpc) is 3.29.